The van der Waals surface area contributed by atoms with Gasteiger partial charge in [0.1, 0.15) is 0 Å². The number of rotatable bonds is 6. The molecule has 0 atom stereocenters. The molecule has 4 nitrogen and oxygen atoms in total. The van der Waals surface area contributed by atoms with Gasteiger partial charge in [0.2, 0.25) is 10.0 Å². The van der Waals surface area contributed by atoms with E-state index in [1.807, 2.05) is 19.1 Å². The van der Waals surface area contributed by atoms with Crippen LogP contribution < -0.4 is 0 Å². The molecular weight excluding hydrogens is 262 g/mol. The maximum Gasteiger partial charge on any atom is 0.243 e. The molecule has 1 aliphatic carbocycles. The second kappa shape index (κ2) is 6.03. The molecule has 0 radical (unpaired) electrons. The van der Waals surface area contributed by atoms with Crippen molar-refractivity contribution in [2.24, 2.45) is 0 Å². The van der Waals surface area contributed by atoms with Gasteiger partial charge >= 0.3 is 0 Å². The fraction of sp³-hybridized carbons (Fsp3) is 0.571. The number of hydrogen-bond acceptors (Lipinski definition) is 3. The lowest BCUT2D eigenvalue weighted by Gasteiger charge is -2.36. The Bertz CT molecular complexity index is 523. The van der Waals surface area contributed by atoms with Gasteiger partial charge in [0, 0.05) is 19.2 Å². The number of benzene rings is 1. The van der Waals surface area contributed by atoms with E-state index in [0.29, 0.717) is 17.9 Å². The molecule has 0 amide bonds. The summed E-state index contributed by atoms with van der Waals surface area (Å²) in [6, 6.07) is 7.18. The standard InChI is InChI=1S/C14H21NO3S/c1-12-6-2-3-9-14(12)19(17,18)15(10-5-11-16)13-7-4-8-13/h2-3,6,9,13,16H,4-5,7-8,10-11H2,1H3. The van der Waals surface area contributed by atoms with Gasteiger partial charge in [-0.3, -0.25) is 0 Å². The van der Waals surface area contributed by atoms with Gasteiger partial charge in [0.05, 0.1) is 4.90 Å². The van der Waals surface area contributed by atoms with Gasteiger partial charge in [-0.2, -0.15) is 4.31 Å². The zero-order chi connectivity index (χ0) is 13.9. The summed E-state index contributed by atoms with van der Waals surface area (Å²) in [6.07, 6.45) is 3.43. The predicted octanol–water partition coefficient (Wildman–Crippen LogP) is 1.92. The number of nitrogens with zero attached hydrogens (tertiary/aromatic N) is 1. The molecule has 1 saturated carbocycles. The van der Waals surface area contributed by atoms with Crippen LogP contribution in [-0.4, -0.2) is 37.0 Å². The summed E-state index contributed by atoms with van der Waals surface area (Å²) in [5.41, 5.74) is 0.774. The van der Waals surface area contributed by atoms with Gasteiger partial charge in [0.25, 0.3) is 0 Å². The van der Waals surface area contributed by atoms with Crippen LogP contribution in [-0.2, 0) is 10.0 Å². The lowest BCUT2D eigenvalue weighted by atomic mass is 9.93. The van der Waals surface area contributed by atoms with Gasteiger partial charge in [-0.1, -0.05) is 24.6 Å². The molecule has 1 aromatic rings. The molecule has 5 heteroatoms. The van der Waals surface area contributed by atoms with Crippen LogP contribution in [0.1, 0.15) is 31.2 Å². The highest BCUT2D eigenvalue weighted by Gasteiger charge is 2.34. The molecule has 0 spiro atoms. The van der Waals surface area contributed by atoms with E-state index in [1.165, 1.54) is 0 Å². The van der Waals surface area contributed by atoms with E-state index in [9.17, 15) is 8.42 Å². The van der Waals surface area contributed by atoms with Crippen molar-refractivity contribution in [3.8, 4) is 0 Å². The molecule has 106 valence electrons. The topological polar surface area (TPSA) is 57.6 Å². The average molecular weight is 283 g/mol. The Labute approximate surface area is 115 Å². The highest BCUT2D eigenvalue weighted by atomic mass is 32.2. The zero-order valence-electron chi connectivity index (χ0n) is 11.2. The first kappa shape index (κ1) is 14.5. The smallest absolute Gasteiger partial charge is 0.243 e. The summed E-state index contributed by atoms with van der Waals surface area (Å²) in [4.78, 5) is 0.389. The van der Waals surface area contributed by atoms with Gasteiger partial charge in [-0.15, -0.1) is 0 Å². The van der Waals surface area contributed by atoms with Crippen molar-refractivity contribution < 1.29 is 13.5 Å². The number of sulfonamides is 1. The Kier molecular flexibility index (Phi) is 4.60. The summed E-state index contributed by atoms with van der Waals surface area (Å²) >= 11 is 0. The summed E-state index contributed by atoms with van der Waals surface area (Å²) in [7, 11) is -3.44. The minimum atomic E-state index is -3.44. The monoisotopic (exact) mass is 283 g/mol. The predicted molar refractivity (Wildman–Crippen MR) is 74.4 cm³/mol. The van der Waals surface area contributed by atoms with Crippen LogP contribution in [0.4, 0.5) is 0 Å². The third kappa shape index (κ3) is 2.99. The minimum absolute atomic E-state index is 0.0203. The maximum atomic E-state index is 12.7. The van der Waals surface area contributed by atoms with Crippen molar-refractivity contribution in [1.29, 1.82) is 0 Å². The van der Waals surface area contributed by atoms with E-state index < -0.39 is 10.0 Å². The molecule has 0 heterocycles. The summed E-state index contributed by atoms with van der Waals surface area (Å²) in [5.74, 6) is 0. The van der Waals surface area contributed by atoms with E-state index in [1.54, 1.807) is 16.4 Å². The quantitative estimate of drug-likeness (QED) is 0.867. The van der Waals surface area contributed by atoms with Crippen molar-refractivity contribution in [1.82, 2.24) is 4.31 Å². The van der Waals surface area contributed by atoms with E-state index >= 15 is 0 Å². The van der Waals surface area contributed by atoms with Gasteiger partial charge in [-0.05, 0) is 37.8 Å². The summed E-state index contributed by atoms with van der Waals surface area (Å²) < 4.78 is 27.1. The molecule has 0 aromatic heterocycles. The minimum Gasteiger partial charge on any atom is -0.396 e. The number of aliphatic hydroxyl groups is 1. The third-order valence-corrected chi connectivity index (χ3v) is 5.81. The highest BCUT2D eigenvalue weighted by molar-refractivity contribution is 7.89. The van der Waals surface area contributed by atoms with Crippen LogP contribution >= 0.6 is 0 Å². The van der Waals surface area contributed by atoms with Gasteiger partial charge in [-0.25, -0.2) is 8.42 Å². The van der Waals surface area contributed by atoms with Crippen molar-refractivity contribution >= 4 is 10.0 Å². The average Bonchev–Trinajstić information content (AvgIpc) is 2.32. The number of hydrogen-bond donors (Lipinski definition) is 1. The Morgan fingerprint density at radius 1 is 1.32 bits per heavy atom. The van der Waals surface area contributed by atoms with Gasteiger partial charge in [0.15, 0.2) is 0 Å². The summed E-state index contributed by atoms with van der Waals surface area (Å²) in [6.45, 7) is 2.24. The Hall–Kier alpha value is -0.910. The molecule has 1 fully saturated rings. The molecule has 0 bridgehead atoms. The highest BCUT2D eigenvalue weighted by Crippen LogP contribution is 2.31. The lowest BCUT2D eigenvalue weighted by molar-refractivity contribution is 0.198. The SMILES string of the molecule is Cc1ccccc1S(=O)(=O)N(CCCO)C1CCC1. The van der Waals surface area contributed by atoms with Crippen molar-refractivity contribution in [3.63, 3.8) is 0 Å². The van der Waals surface area contributed by atoms with E-state index in [2.05, 4.69) is 0 Å². The third-order valence-electron chi connectivity index (χ3n) is 3.70. The molecule has 0 unspecified atom stereocenters. The van der Waals surface area contributed by atoms with Crippen LogP contribution in [0.3, 0.4) is 0 Å². The Morgan fingerprint density at radius 2 is 2.00 bits per heavy atom. The fourth-order valence-electron chi connectivity index (χ4n) is 2.37. The van der Waals surface area contributed by atoms with E-state index in [4.69, 9.17) is 5.11 Å². The van der Waals surface area contributed by atoms with Crippen molar-refractivity contribution in [2.75, 3.05) is 13.2 Å². The normalized spacial score (nSPS) is 16.6. The van der Waals surface area contributed by atoms with Crippen LogP contribution in [0.25, 0.3) is 0 Å². The van der Waals surface area contributed by atoms with Crippen LogP contribution in [0.2, 0.25) is 0 Å². The Balaban J connectivity index is 2.31. The molecular formula is C14H21NO3S. The maximum absolute atomic E-state index is 12.7. The second-order valence-corrected chi connectivity index (χ2v) is 6.90. The molecule has 0 saturated heterocycles. The van der Waals surface area contributed by atoms with Crippen LogP contribution in [0, 0.1) is 6.92 Å². The second-order valence-electron chi connectivity index (χ2n) is 5.04. The first-order valence-electron chi connectivity index (χ1n) is 6.75. The van der Waals surface area contributed by atoms with Crippen molar-refractivity contribution in [3.05, 3.63) is 29.8 Å². The van der Waals surface area contributed by atoms with Gasteiger partial charge < -0.3 is 5.11 Å². The first-order chi connectivity index (χ1) is 9.07. The molecule has 0 aliphatic heterocycles. The van der Waals surface area contributed by atoms with Crippen molar-refractivity contribution in [2.45, 2.75) is 43.5 Å². The lowest BCUT2D eigenvalue weighted by Crippen LogP contribution is -2.45. The fourth-order valence-corrected chi connectivity index (χ4v) is 4.32. The van der Waals surface area contributed by atoms with Crippen LogP contribution in [0.5, 0.6) is 0 Å². The van der Waals surface area contributed by atoms with E-state index in [-0.39, 0.29) is 12.6 Å². The molecule has 1 N–H and O–H groups in total. The first-order valence-corrected chi connectivity index (χ1v) is 8.19. The Morgan fingerprint density at radius 3 is 2.53 bits per heavy atom. The molecule has 1 aromatic carbocycles. The number of aliphatic hydroxyl groups excluding tert-OH is 1. The largest absolute Gasteiger partial charge is 0.396 e. The van der Waals surface area contributed by atoms with E-state index in [0.717, 1.165) is 24.8 Å². The number of aryl methyl sites for hydroxylation is 1. The summed E-state index contributed by atoms with van der Waals surface area (Å²) in [5, 5.41) is 8.96. The zero-order valence-corrected chi connectivity index (χ0v) is 12.1. The molecule has 19 heavy (non-hydrogen) atoms. The molecule has 1 aliphatic rings. The molecule has 2 rings (SSSR count). The van der Waals surface area contributed by atoms with Crippen LogP contribution in [0.15, 0.2) is 29.2 Å².